The smallest absolute Gasteiger partial charge is 0.220 e. The Balaban J connectivity index is 2.33. The minimum Gasteiger partial charge on any atom is -0.392 e. The number of thioether (sulfide) groups is 1. The van der Waals surface area contributed by atoms with Gasteiger partial charge in [-0.15, -0.1) is 0 Å². The zero-order valence-electron chi connectivity index (χ0n) is 10.4. The molecular weight excluding hydrogens is 252 g/mol. The lowest BCUT2D eigenvalue weighted by atomic mass is 9.98. The molecule has 5 heteroatoms. The number of amides is 1. The van der Waals surface area contributed by atoms with E-state index < -0.39 is 0 Å². The molecular formula is C12H22N2OS2. The van der Waals surface area contributed by atoms with E-state index in [0.29, 0.717) is 17.3 Å². The van der Waals surface area contributed by atoms with Gasteiger partial charge in [-0.3, -0.25) is 4.79 Å². The van der Waals surface area contributed by atoms with Gasteiger partial charge in [-0.05, 0) is 36.7 Å². The molecule has 1 aliphatic rings. The Morgan fingerprint density at radius 2 is 2.18 bits per heavy atom. The van der Waals surface area contributed by atoms with Crippen molar-refractivity contribution in [1.82, 2.24) is 5.32 Å². The second-order valence-electron chi connectivity index (χ2n) is 4.57. The molecule has 1 unspecified atom stereocenters. The Morgan fingerprint density at radius 1 is 1.53 bits per heavy atom. The van der Waals surface area contributed by atoms with Gasteiger partial charge >= 0.3 is 0 Å². The summed E-state index contributed by atoms with van der Waals surface area (Å²) >= 11 is 6.95. The number of nitrogens with two attached hydrogens (primary N) is 1. The number of carbonyl (C=O) groups is 1. The highest BCUT2D eigenvalue weighted by Gasteiger charge is 2.20. The van der Waals surface area contributed by atoms with Crippen LogP contribution in [0, 0.1) is 5.92 Å². The Morgan fingerprint density at radius 3 is 2.71 bits per heavy atom. The molecule has 3 nitrogen and oxygen atoms in total. The van der Waals surface area contributed by atoms with Crippen molar-refractivity contribution in [3.63, 3.8) is 0 Å². The summed E-state index contributed by atoms with van der Waals surface area (Å²) in [6, 6.07) is -0.125. The maximum atomic E-state index is 11.9. The van der Waals surface area contributed by atoms with Gasteiger partial charge < -0.3 is 11.1 Å². The summed E-state index contributed by atoms with van der Waals surface area (Å²) in [5, 5.41) is 2.95. The topological polar surface area (TPSA) is 55.1 Å². The first-order valence-corrected chi connectivity index (χ1v) is 7.86. The van der Waals surface area contributed by atoms with Gasteiger partial charge in [-0.1, -0.05) is 25.6 Å². The number of carbonyl (C=O) groups excluding carboxylic acids is 1. The van der Waals surface area contributed by atoms with Crippen molar-refractivity contribution in [2.45, 2.75) is 45.1 Å². The minimum absolute atomic E-state index is 0.105. The summed E-state index contributed by atoms with van der Waals surface area (Å²) in [4.78, 5) is 12.3. The lowest BCUT2D eigenvalue weighted by Gasteiger charge is -2.22. The van der Waals surface area contributed by atoms with Crippen LogP contribution in [0.1, 0.15) is 39.0 Å². The molecule has 0 radical (unpaired) electrons. The zero-order chi connectivity index (χ0) is 12.7. The first-order valence-electron chi connectivity index (χ1n) is 6.30. The van der Waals surface area contributed by atoms with Crippen LogP contribution in [0.15, 0.2) is 0 Å². The fourth-order valence-corrected chi connectivity index (χ4v) is 3.42. The van der Waals surface area contributed by atoms with Crippen molar-refractivity contribution in [2.24, 2.45) is 11.7 Å². The molecule has 0 aromatic carbocycles. The third kappa shape index (κ3) is 5.73. The number of thiocarbonyl (C=S) groups is 1. The molecule has 0 saturated carbocycles. The summed E-state index contributed by atoms with van der Waals surface area (Å²) in [5.41, 5.74) is 5.62. The Labute approximate surface area is 113 Å². The van der Waals surface area contributed by atoms with Crippen molar-refractivity contribution >= 4 is 34.9 Å². The van der Waals surface area contributed by atoms with E-state index in [4.69, 9.17) is 18.0 Å². The second-order valence-corrected chi connectivity index (χ2v) is 6.27. The normalized spacial score (nSPS) is 18.6. The standard InChI is InChI=1S/C12H22N2OS2/c1-2-3-10(12(13)16)14-11(15)8-9-4-6-17-7-5-9/h9-10H,2-8H2,1H3,(H2,13,16)(H,14,15). The Hall–Kier alpha value is -0.290. The molecule has 0 aromatic heterocycles. The van der Waals surface area contributed by atoms with Gasteiger partial charge in [0.15, 0.2) is 0 Å². The molecule has 3 N–H and O–H groups in total. The molecule has 0 aliphatic carbocycles. The van der Waals surface area contributed by atoms with Gasteiger partial charge in [-0.2, -0.15) is 11.8 Å². The maximum absolute atomic E-state index is 11.9. The van der Waals surface area contributed by atoms with Gasteiger partial charge in [0, 0.05) is 6.42 Å². The molecule has 1 aliphatic heterocycles. The molecule has 1 atom stereocenters. The third-order valence-corrected chi connectivity index (χ3v) is 4.40. The largest absolute Gasteiger partial charge is 0.392 e. The first kappa shape index (κ1) is 14.8. The van der Waals surface area contributed by atoms with Gasteiger partial charge in [0.2, 0.25) is 5.91 Å². The molecule has 1 rings (SSSR count). The molecule has 98 valence electrons. The monoisotopic (exact) mass is 274 g/mol. The highest BCUT2D eigenvalue weighted by molar-refractivity contribution is 7.99. The van der Waals surface area contributed by atoms with Crippen LogP contribution in [0.25, 0.3) is 0 Å². The Kier molecular flexibility index (Phi) is 6.89. The van der Waals surface area contributed by atoms with E-state index in [9.17, 15) is 4.79 Å². The van der Waals surface area contributed by atoms with Crippen LogP contribution >= 0.6 is 24.0 Å². The minimum atomic E-state index is -0.125. The predicted molar refractivity (Wildman–Crippen MR) is 78.3 cm³/mol. The van der Waals surface area contributed by atoms with Crippen LogP contribution in [-0.4, -0.2) is 28.4 Å². The average molecular weight is 274 g/mol. The van der Waals surface area contributed by atoms with Crippen molar-refractivity contribution < 1.29 is 4.79 Å². The van der Waals surface area contributed by atoms with Crippen LogP contribution in [0.3, 0.4) is 0 Å². The fourth-order valence-electron chi connectivity index (χ4n) is 2.04. The van der Waals surface area contributed by atoms with E-state index in [1.54, 1.807) is 0 Å². The molecule has 0 spiro atoms. The van der Waals surface area contributed by atoms with Crippen LogP contribution < -0.4 is 11.1 Å². The van der Waals surface area contributed by atoms with Crippen molar-refractivity contribution in [2.75, 3.05) is 11.5 Å². The van der Waals surface area contributed by atoms with E-state index in [1.807, 2.05) is 11.8 Å². The summed E-state index contributed by atoms with van der Waals surface area (Å²) in [5.74, 6) is 3.02. The molecule has 17 heavy (non-hydrogen) atoms. The van der Waals surface area contributed by atoms with E-state index in [-0.39, 0.29) is 11.9 Å². The lowest BCUT2D eigenvalue weighted by molar-refractivity contribution is -0.122. The number of nitrogens with one attached hydrogen (secondary N) is 1. The Bertz CT molecular complexity index is 265. The van der Waals surface area contributed by atoms with E-state index in [0.717, 1.165) is 25.7 Å². The van der Waals surface area contributed by atoms with Gasteiger partial charge in [0.05, 0.1) is 11.0 Å². The average Bonchev–Trinajstić information content (AvgIpc) is 2.29. The molecule has 0 aromatic rings. The van der Waals surface area contributed by atoms with E-state index >= 15 is 0 Å². The van der Waals surface area contributed by atoms with Crippen molar-refractivity contribution in [3.8, 4) is 0 Å². The molecule has 1 fully saturated rings. The van der Waals surface area contributed by atoms with E-state index in [1.165, 1.54) is 11.5 Å². The van der Waals surface area contributed by atoms with E-state index in [2.05, 4.69) is 12.2 Å². The molecule has 1 heterocycles. The van der Waals surface area contributed by atoms with Crippen molar-refractivity contribution in [3.05, 3.63) is 0 Å². The summed E-state index contributed by atoms with van der Waals surface area (Å²) < 4.78 is 0. The molecule has 1 saturated heterocycles. The van der Waals surface area contributed by atoms with Crippen LogP contribution in [-0.2, 0) is 4.79 Å². The summed E-state index contributed by atoms with van der Waals surface area (Å²) in [6.07, 6.45) is 4.75. The lowest BCUT2D eigenvalue weighted by Crippen LogP contribution is -2.44. The number of rotatable bonds is 6. The first-order chi connectivity index (χ1) is 8.13. The summed E-state index contributed by atoms with van der Waals surface area (Å²) in [7, 11) is 0. The fraction of sp³-hybridized carbons (Fsp3) is 0.833. The SMILES string of the molecule is CCCC(NC(=O)CC1CCSCC1)C(N)=S. The quantitative estimate of drug-likeness (QED) is 0.728. The van der Waals surface area contributed by atoms with Crippen LogP contribution in [0.4, 0.5) is 0 Å². The van der Waals surface area contributed by atoms with Gasteiger partial charge in [0.25, 0.3) is 0 Å². The van der Waals surface area contributed by atoms with Gasteiger partial charge in [0.1, 0.15) is 0 Å². The van der Waals surface area contributed by atoms with Crippen LogP contribution in [0.5, 0.6) is 0 Å². The highest BCUT2D eigenvalue weighted by atomic mass is 32.2. The number of hydrogen-bond donors (Lipinski definition) is 2. The molecule has 0 bridgehead atoms. The highest BCUT2D eigenvalue weighted by Crippen LogP contribution is 2.25. The second kappa shape index (κ2) is 7.93. The molecule has 1 amide bonds. The van der Waals surface area contributed by atoms with Gasteiger partial charge in [-0.25, -0.2) is 0 Å². The number of hydrogen-bond acceptors (Lipinski definition) is 3. The maximum Gasteiger partial charge on any atom is 0.220 e. The predicted octanol–water partition coefficient (Wildman–Crippen LogP) is 2.09. The third-order valence-electron chi connectivity index (χ3n) is 3.07. The van der Waals surface area contributed by atoms with Crippen molar-refractivity contribution in [1.29, 1.82) is 0 Å². The summed E-state index contributed by atoms with van der Waals surface area (Å²) in [6.45, 7) is 2.07. The van der Waals surface area contributed by atoms with Crippen LogP contribution in [0.2, 0.25) is 0 Å². The zero-order valence-corrected chi connectivity index (χ0v) is 12.0.